The first-order chi connectivity index (χ1) is 8.74. The molecule has 3 rings (SSSR count). The van der Waals surface area contributed by atoms with Crippen molar-refractivity contribution in [1.29, 1.82) is 0 Å². The molecule has 2 aliphatic rings. The van der Waals surface area contributed by atoms with Crippen molar-refractivity contribution < 1.29 is 0 Å². The highest BCUT2D eigenvalue weighted by Crippen LogP contribution is 2.29. The maximum Gasteiger partial charge on any atom is 0.0320 e. The van der Waals surface area contributed by atoms with Crippen LogP contribution in [-0.2, 0) is 13.1 Å². The van der Waals surface area contributed by atoms with Crippen LogP contribution >= 0.6 is 0 Å². The lowest BCUT2D eigenvalue weighted by Crippen LogP contribution is -2.26. The number of nitrogens with zero attached hydrogens (tertiary/aromatic N) is 1. The molecule has 98 valence electrons. The van der Waals surface area contributed by atoms with Crippen molar-refractivity contribution in [3.05, 3.63) is 34.9 Å². The Morgan fingerprint density at radius 1 is 1.17 bits per heavy atom. The van der Waals surface area contributed by atoms with Gasteiger partial charge in [-0.15, -0.1) is 0 Å². The third kappa shape index (κ3) is 2.32. The van der Waals surface area contributed by atoms with E-state index < -0.39 is 0 Å². The topological polar surface area (TPSA) is 15.3 Å². The van der Waals surface area contributed by atoms with Crippen molar-refractivity contribution in [3.8, 4) is 0 Å². The molecule has 0 aromatic heterocycles. The summed E-state index contributed by atoms with van der Waals surface area (Å²) in [6, 6.07) is 8.38. The van der Waals surface area contributed by atoms with E-state index >= 15 is 0 Å². The van der Waals surface area contributed by atoms with Gasteiger partial charge in [0.2, 0.25) is 0 Å². The Morgan fingerprint density at radius 3 is 2.72 bits per heavy atom. The molecule has 1 aromatic rings. The zero-order valence-corrected chi connectivity index (χ0v) is 11.6. The van der Waals surface area contributed by atoms with Crippen molar-refractivity contribution in [1.82, 2.24) is 10.2 Å². The predicted molar refractivity (Wildman–Crippen MR) is 75.4 cm³/mol. The molecule has 0 spiro atoms. The first-order valence-corrected chi connectivity index (χ1v) is 7.33. The molecule has 0 bridgehead atoms. The van der Waals surface area contributed by atoms with Crippen LogP contribution in [0.15, 0.2) is 18.2 Å². The molecular formula is C16H24N2. The summed E-state index contributed by atoms with van der Waals surface area (Å²) < 4.78 is 0. The van der Waals surface area contributed by atoms with Crippen LogP contribution in [0.3, 0.4) is 0 Å². The van der Waals surface area contributed by atoms with E-state index in [9.17, 15) is 0 Å². The average Bonchev–Trinajstić information content (AvgIpc) is 2.82. The summed E-state index contributed by atoms with van der Waals surface area (Å²) >= 11 is 0. The zero-order valence-electron chi connectivity index (χ0n) is 11.6. The number of rotatable bonds is 2. The van der Waals surface area contributed by atoms with Crippen LogP contribution in [0, 0.1) is 0 Å². The molecule has 0 saturated carbocycles. The molecule has 2 heteroatoms. The fraction of sp³-hybridized carbons (Fsp3) is 0.625. The Kier molecular flexibility index (Phi) is 3.40. The summed E-state index contributed by atoms with van der Waals surface area (Å²) in [5.41, 5.74) is 4.58. The number of nitrogens with one attached hydrogen (secondary N) is 1. The largest absolute Gasteiger partial charge is 0.310 e. The third-order valence-corrected chi connectivity index (χ3v) is 4.42. The smallest absolute Gasteiger partial charge is 0.0320 e. The number of benzene rings is 1. The minimum Gasteiger partial charge on any atom is -0.310 e. The molecule has 1 N–H and O–H groups in total. The van der Waals surface area contributed by atoms with E-state index in [0.717, 1.165) is 13.1 Å². The van der Waals surface area contributed by atoms with E-state index in [1.165, 1.54) is 36.9 Å². The fourth-order valence-corrected chi connectivity index (χ4v) is 3.16. The molecule has 1 aromatic carbocycles. The summed E-state index contributed by atoms with van der Waals surface area (Å²) in [6.45, 7) is 8.02. The molecule has 0 aliphatic carbocycles. The summed E-state index contributed by atoms with van der Waals surface area (Å²) in [5, 5.41) is 3.65. The Bertz CT molecular complexity index is 419. The normalized spacial score (nSPS) is 24.5. The van der Waals surface area contributed by atoms with Gasteiger partial charge < -0.3 is 5.32 Å². The van der Waals surface area contributed by atoms with Gasteiger partial charge in [0.1, 0.15) is 0 Å². The summed E-state index contributed by atoms with van der Waals surface area (Å²) in [5.74, 6) is 0. The molecule has 0 amide bonds. The third-order valence-electron chi connectivity index (χ3n) is 4.42. The van der Waals surface area contributed by atoms with Crippen molar-refractivity contribution in [2.45, 2.75) is 58.3 Å². The number of hydrogen-bond donors (Lipinski definition) is 1. The van der Waals surface area contributed by atoms with Gasteiger partial charge in [-0.3, -0.25) is 4.90 Å². The molecule has 1 saturated heterocycles. The Labute approximate surface area is 110 Å². The number of fused-ring (bicyclic) bond motifs is 1. The molecule has 1 fully saturated rings. The highest BCUT2D eigenvalue weighted by molar-refractivity contribution is 5.36. The minimum absolute atomic E-state index is 0.595. The van der Waals surface area contributed by atoms with Crippen LogP contribution in [0.25, 0.3) is 0 Å². The van der Waals surface area contributed by atoms with Gasteiger partial charge in [0.15, 0.2) is 0 Å². The van der Waals surface area contributed by atoms with Gasteiger partial charge in [-0.05, 0) is 49.9 Å². The van der Waals surface area contributed by atoms with E-state index in [2.05, 4.69) is 42.3 Å². The highest BCUT2D eigenvalue weighted by Gasteiger charge is 2.22. The lowest BCUT2D eigenvalue weighted by atomic mass is 9.95. The zero-order chi connectivity index (χ0) is 12.5. The van der Waals surface area contributed by atoms with Gasteiger partial charge in [-0.25, -0.2) is 0 Å². The van der Waals surface area contributed by atoms with Crippen molar-refractivity contribution >= 4 is 0 Å². The van der Waals surface area contributed by atoms with Crippen LogP contribution in [0.5, 0.6) is 0 Å². The predicted octanol–water partition coefficient (Wildman–Crippen LogP) is 3.23. The second-order valence-corrected chi connectivity index (χ2v) is 6.03. The molecule has 18 heavy (non-hydrogen) atoms. The number of piperidine rings is 1. The fourth-order valence-electron chi connectivity index (χ4n) is 3.16. The molecular weight excluding hydrogens is 220 g/mol. The second-order valence-electron chi connectivity index (χ2n) is 6.03. The van der Waals surface area contributed by atoms with Gasteiger partial charge in [0.05, 0.1) is 0 Å². The van der Waals surface area contributed by atoms with Crippen LogP contribution in [0.2, 0.25) is 0 Å². The van der Waals surface area contributed by atoms with E-state index in [0.29, 0.717) is 12.1 Å². The summed E-state index contributed by atoms with van der Waals surface area (Å²) in [6.07, 6.45) is 4.00. The Morgan fingerprint density at radius 2 is 2.00 bits per heavy atom. The Balaban J connectivity index is 1.78. The molecule has 1 atom stereocenters. The number of hydrogen-bond acceptors (Lipinski definition) is 2. The van der Waals surface area contributed by atoms with Crippen molar-refractivity contribution in [2.24, 2.45) is 0 Å². The van der Waals surface area contributed by atoms with E-state index in [-0.39, 0.29) is 0 Å². The van der Waals surface area contributed by atoms with E-state index in [1.54, 1.807) is 5.56 Å². The van der Waals surface area contributed by atoms with E-state index in [4.69, 9.17) is 0 Å². The standard InChI is InChI=1S/C16H24N2/c1-12(2)18-10-14-7-6-13(9-15(14)11-18)16-5-3-4-8-17-16/h6-7,9,12,16-17H,3-5,8,10-11H2,1-2H3. The maximum atomic E-state index is 3.65. The average molecular weight is 244 g/mol. The van der Waals surface area contributed by atoms with Crippen molar-refractivity contribution in [3.63, 3.8) is 0 Å². The van der Waals surface area contributed by atoms with E-state index in [1.807, 2.05) is 0 Å². The highest BCUT2D eigenvalue weighted by atomic mass is 15.2. The summed E-state index contributed by atoms with van der Waals surface area (Å²) in [4.78, 5) is 2.54. The van der Waals surface area contributed by atoms with Gasteiger partial charge in [-0.1, -0.05) is 24.6 Å². The first-order valence-electron chi connectivity index (χ1n) is 7.33. The quantitative estimate of drug-likeness (QED) is 0.859. The van der Waals surface area contributed by atoms with Crippen molar-refractivity contribution in [2.75, 3.05) is 6.54 Å². The van der Waals surface area contributed by atoms with Crippen LogP contribution in [-0.4, -0.2) is 17.5 Å². The van der Waals surface area contributed by atoms with Gasteiger partial charge in [0, 0.05) is 25.2 Å². The van der Waals surface area contributed by atoms with Crippen LogP contribution < -0.4 is 5.32 Å². The molecule has 2 nitrogen and oxygen atoms in total. The second kappa shape index (κ2) is 5.02. The lowest BCUT2D eigenvalue weighted by Gasteiger charge is -2.24. The van der Waals surface area contributed by atoms with Gasteiger partial charge >= 0.3 is 0 Å². The molecule has 1 unspecified atom stereocenters. The SMILES string of the molecule is CC(C)N1Cc2ccc(C3CCCCN3)cc2C1. The molecule has 0 radical (unpaired) electrons. The van der Waals surface area contributed by atoms with Crippen LogP contribution in [0.4, 0.5) is 0 Å². The first kappa shape index (κ1) is 12.2. The van der Waals surface area contributed by atoms with Gasteiger partial charge in [-0.2, -0.15) is 0 Å². The lowest BCUT2D eigenvalue weighted by molar-refractivity contribution is 0.227. The molecule has 2 aliphatic heterocycles. The van der Waals surface area contributed by atoms with Crippen LogP contribution in [0.1, 0.15) is 55.8 Å². The Hall–Kier alpha value is -0.860. The summed E-state index contributed by atoms with van der Waals surface area (Å²) in [7, 11) is 0. The van der Waals surface area contributed by atoms with Gasteiger partial charge in [0.25, 0.3) is 0 Å². The minimum atomic E-state index is 0.595. The molecule has 2 heterocycles. The maximum absolute atomic E-state index is 3.65. The monoisotopic (exact) mass is 244 g/mol.